The zero-order valence-corrected chi connectivity index (χ0v) is 17.3. The number of aryl methyl sites for hydroxylation is 2. The van der Waals surface area contributed by atoms with E-state index < -0.39 is 0 Å². The molecule has 2 heteroatoms. The Morgan fingerprint density at radius 2 is 1.31 bits per heavy atom. The molecule has 2 aromatic heterocycles. The van der Waals surface area contributed by atoms with Crippen molar-refractivity contribution in [1.29, 1.82) is 0 Å². The van der Waals surface area contributed by atoms with Crippen molar-refractivity contribution in [2.24, 2.45) is 0 Å². The molecule has 0 saturated heterocycles. The second-order valence-electron chi connectivity index (χ2n) is 7.52. The average molecular weight is 392 g/mol. The Balaban J connectivity index is 1.55. The van der Waals surface area contributed by atoms with Crippen LogP contribution in [0.1, 0.15) is 11.1 Å². The van der Waals surface area contributed by atoms with Crippen molar-refractivity contribution in [3.63, 3.8) is 0 Å². The molecule has 0 aliphatic heterocycles. The summed E-state index contributed by atoms with van der Waals surface area (Å²) in [5.74, 6) is 0. The maximum Gasteiger partial charge on any atom is 0.124 e. The Kier molecular flexibility index (Phi) is 4.49. The first-order chi connectivity index (χ1) is 14.2. The van der Waals surface area contributed by atoms with E-state index in [2.05, 4.69) is 98.8 Å². The van der Waals surface area contributed by atoms with Crippen LogP contribution in [0.5, 0.6) is 0 Å². The van der Waals surface area contributed by atoms with Gasteiger partial charge in [0, 0.05) is 15.8 Å². The lowest BCUT2D eigenvalue weighted by Crippen LogP contribution is -1.84. The van der Waals surface area contributed by atoms with Gasteiger partial charge in [-0.15, -0.1) is 11.3 Å². The van der Waals surface area contributed by atoms with E-state index in [9.17, 15) is 0 Å². The summed E-state index contributed by atoms with van der Waals surface area (Å²) in [4.78, 5) is 7.35. The molecule has 0 N–H and O–H groups in total. The lowest BCUT2D eigenvalue weighted by molar-refractivity contribution is 1.39. The molecule has 1 nitrogen and oxygen atoms in total. The van der Waals surface area contributed by atoms with E-state index in [0.717, 1.165) is 16.1 Å². The molecule has 5 rings (SSSR count). The monoisotopic (exact) mass is 391 g/mol. The quantitative estimate of drug-likeness (QED) is 0.304. The Labute approximate surface area is 175 Å². The minimum absolute atomic E-state index is 1.02. The fourth-order valence-corrected chi connectivity index (χ4v) is 4.85. The molecular formula is C27H21NS. The minimum atomic E-state index is 1.02. The molecule has 5 aromatic rings. The van der Waals surface area contributed by atoms with E-state index in [4.69, 9.17) is 4.98 Å². The molecule has 0 amide bonds. The number of benzene rings is 3. The van der Waals surface area contributed by atoms with Crippen LogP contribution in [0.3, 0.4) is 0 Å². The third-order valence-corrected chi connectivity index (χ3v) is 6.25. The highest BCUT2D eigenvalue weighted by Gasteiger charge is 2.09. The normalized spacial score (nSPS) is 11.1. The number of pyridine rings is 1. The predicted octanol–water partition coefficient (Wildman–Crippen LogP) is 7.91. The van der Waals surface area contributed by atoms with Crippen LogP contribution in [0, 0.1) is 13.8 Å². The Morgan fingerprint density at radius 1 is 0.586 bits per heavy atom. The molecule has 0 aliphatic rings. The number of nitrogens with zero attached hydrogens (tertiary/aromatic N) is 1. The molecule has 0 saturated carbocycles. The van der Waals surface area contributed by atoms with Gasteiger partial charge in [0.05, 0.1) is 5.69 Å². The van der Waals surface area contributed by atoms with Gasteiger partial charge in [0.15, 0.2) is 0 Å². The lowest BCUT2D eigenvalue weighted by atomic mass is 10.0. The van der Waals surface area contributed by atoms with Crippen LogP contribution in [-0.4, -0.2) is 4.98 Å². The summed E-state index contributed by atoms with van der Waals surface area (Å²) in [7, 11) is 0. The molecule has 0 fully saturated rings. The summed E-state index contributed by atoms with van der Waals surface area (Å²) < 4.78 is 0. The highest BCUT2D eigenvalue weighted by Crippen LogP contribution is 2.35. The summed E-state index contributed by atoms with van der Waals surface area (Å²) in [6, 6.07) is 32.4. The maximum atomic E-state index is 4.99. The largest absolute Gasteiger partial charge is 0.237 e. The van der Waals surface area contributed by atoms with Crippen molar-refractivity contribution < 1.29 is 0 Å². The van der Waals surface area contributed by atoms with Gasteiger partial charge in [0.2, 0.25) is 0 Å². The highest BCUT2D eigenvalue weighted by atomic mass is 32.1. The van der Waals surface area contributed by atoms with Gasteiger partial charge in [-0.25, -0.2) is 4.98 Å². The second kappa shape index (κ2) is 7.31. The summed E-state index contributed by atoms with van der Waals surface area (Å²) in [6.07, 6.45) is 0. The molecule has 0 unspecified atom stereocenters. The van der Waals surface area contributed by atoms with Gasteiger partial charge < -0.3 is 0 Å². The number of rotatable bonds is 3. The maximum absolute atomic E-state index is 4.99. The molecule has 29 heavy (non-hydrogen) atoms. The van der Waals surface area contributed by atoms with Crippen molar-refractivity contribution in [2.45, 2.75) is 13.8 Å². The van der Waals surface area contributed by atoms with Crippen LogP contribution in [-0.2, 0) is 0 Å². The van der Waals surface area contributed by atoms with Crippen molar-refractivity contribution in [2.75, 3.05) is 0 Å². The molecule has 3 aromatic carbocycles. The number of fused-ring (bicyclic) bond motifs is 1. The molecule has 0 spiro atoms. The zero-order chi connectivity index (χ0) is 19.8. The minimum Gasteiger partial charge on any atom is -0.237 e. The van der Waals surface area contributed by atoms with E-state index >= 15 is 0 Å². The first-order valence-corrected chi connectivity index (χ1v) is 10.6. The average Bonchev–Trinajstić information content (AvgIpc) is 3.17. The number of hydrogen-bond acceptors (Lipinski definition) is 2. The third-order valence-electron chi connectivity index (χ3n) is 5.15. The number of hydrogen-bond donors (Lipinski definition) is 0. The van der Waals surface area contributed by atoms with Gasteiger partial charge in [0.25, 0.3) is 0 Å². The smallest absolute Gasteiger partial charge is 0.124 e. The molecule has 0 bridgehead atoms. The molecule has 2 heterocycles. The molecule has 0 aliphatic carbocycles. The molecule has 0 atom stereocenters. The Morgan fingerprint density at radius 3 is 2.10 bits per heavy atom. The van der Waals surface area contributed by atoms with E-state index in [0.29, 0.717) is 0 Å². The summed E-state index contributed by atoms with van der Waals surface area (Å²) >= 11 is 1.77. The van der Waals surface area contributed by atoms with Gasteiger partial charge >= 0.3 is 0 Å². The van der Waals surface area contributed by atoms with Crippen molar-refractivity contribution >= 4 is 21.6 Å². The molecule has 140 valence electrons. The first-order valence-electron chi connectivity index (χ1n) is 9.81. The zero-order valence-electron chi connectivity index (χ0n) is 16.5. The SMILES string of the molecule is Cc1cc(C)cc(-c2cc3ccc(-c4cccc(-c5ccccc5)c4)nc3s2)c1. The van der Waals surface area contributed by atoms with E-state index in [1.165, 1.54) is 38.1 Å². The van der Waals surface area contributed by atoms with Crippen molar-refractivity contribution in [1.82, 2.24) is 4.98 Å². The number of thiophene rings is 1. The Hall–Kier alpha value is -3.23. The van der Waals surface area contributed by atoms with Gasteiger partial charge in [0.1, 0.15) is 4.83 Å². The number of aromatic nitrogens is 1. The molecular weight excluding hydrogens is 370 g/mol. The summed E-state index contributed by atoms with van der Waals surface area (Å²) in [5, 5.41) is 1.20. The fourth-order valence-electron chi connectivity index (χ4n) is 3.83. The van der Waals surface area contributed by atoms with Gasteiger partial charge in [-0.2, -0.15) is 0 Å². The topological polar surface area (TPSA) is 12.9 Å². The van der Waals surface area contributed by atoms with Crippen LogP contribution >= 0.6 is 11.3 Å². The van der Waals surface area contributed by atoms with Crippen LogP contribution in [0.2, 0.25) is 0 Å². The summed E-state index contributed by atoms with van der Waals surface area (Å²) in [5.41, 5.74) is 8.47. The lowest BCUT2D eigenvalue weighted by Gasteiger charge is -2.05. The van der Waals surface area contributed by atoms with E-state index in [-0.39, 0.29) is 0 Å². The van der Waals surface area contributed by atoms with E-state index in [1.807, 2.05) is 6.07 Å². The van der Waals surface area contributed by atoms with Crippen molar-refractivity contribution in [3.05, 3.63) is 102 Å². The first kappa shape index (κ1) is 17.8. The fraction of sp³-hybridized carbons (Fsp3) is 0.0741. The summed E-state index contributed by atoms with van der Waals surface area (Å²) in [6.45, 7) is 4.31. The van der Waals surface area contributed by atoms with Gasteiger partial charge in [-0.05, 0) is 54.8 Å². The third kappa shape index (κ3) is 3.59. The van der Waals surface area contributed by atoms with Crippen molar-refractivity contribution in [3.8, 4) is 32.8 Å². The molecule has 0 radical (unpaired) electrons. The van der Waals surface area contributed by atoms with E-state index in [1.54, 1.807) is 11.3 Å². The highest BCUT2D eigenvalue weighted by molar-refractivity contribution is 7.21. The standard InChI is InChI=1S/C27H21NS/c1-18-13-19(2)15-24(14-18)26-17-23-11-12-25(28-27(23)29-26)22-10-6-9-21(16-22)20-7-4-3-5-8-20/h3-17H,1-2H3. The predicted molar refractivity (Wildman–Crippen MR) is 125 cm³/mol. The van der Waals surface area contributed by atoms with Crippen LogP contribution in [0.4, 0.5) is 0 Å². The second-order valence-corrected chi connectivity index (χ2v) is 8.56. The van der Waals surface area contributed by atoms with Crippen LogP contribution < -0.4 is 0 Å². The van der Waals surface area contributed by atoms with Crippen LogP contribution in [0.25, 0.3) is 43.0 Å². The Bertz CT molecular complexity index is 1290. The van der Waals surface area contributed by atoms with Gasteiger partial charge in [-0.1, -0.05) is 77.9 Å². The van der Waals surface area contributed by atoms with Crippen LogP contribution in [0.15, 0.2) is 91.0 Å². The van der Waals surface area contributed by atoms with Gasteiger partial charge in [-0.3, -0.25) is 0 Å².